The molecule has 1 heterocycles. The molecule has 1 rings (SSSR count). The molecule has 0 aromatic carbocycles. The molecule has 4 heteroatoms. The van der Waals surface area contributed by atoms with Crippen LogP contribution >= 0.6 is 0 Å². The average Bonchev–Trinajstić information content (AvgIpc) is 2.63. The summed E-state index contributed by atoms with van der Waals surface area (Å²) >= 11 is 0. The Kier molecular flexibility index (Phi) is 4.90. The van der Waals surface area contributed by atoms with Crippen molar-refractivity contribution in [2.45, 2.75) is 12.8 Å². The van der Waals surface area contributed by atoms with Crippen molar-refractivity contribution < 1.29 is 14.3 Å². The van der Waals surface area contributed by atoms with Crippen molar-refractivity contribution in [2.75, 3.05) is 40.5 Å². The molecule has 1 aliphatic rings. The molecule has 1 fully saturated rings. The Morgan fingerprint density at radius 3 is 2.93 bits per heavy atom. The molecule has 0 aliphatic carbocycles. The van der Waals surface area contributed by atoms with E-state index >= 15 is 0 Å². The summed E-state index contributed by atoms with van der Waals surface area (Å²) in [4.78, 5) is 13.2. The number of ether oxygens (including phenoxy) is 2. The molecule has 0 aromatic heterocycles. The molecule has 1 aliphatic heterocycles. The first-order valence-corrected chi connectivity index (χ1v) is 5.04. The summed E-state index contributed by atoms with van der Waals surface area (Å²) in [6.07, 6.45) is 1.67. The quantitative estimate of drug-likeness (QED) is 0.608. The van der Waals surface area contributed by atoms with Crippen LogP contribution in [0.2, 0.25) is 0 Å². The minimum Gasteiger partial charge on any atom is -0.469 e. The third-order valence-electron chi connectivity index (χ3n) is 2.63. The SMILES string of the molecule is COCC1CCN(CCC(=O)OC)C1. The van der Waals surface area contributed by atoms with Crippen molar-refractivity contribution in [3.05, 3.63) is 0 Å². The number of nitrogens with zero attached hydrogens (tertiary/aromatic N) is 1. The highest BCUT2D eigenvalue weighted by Crippen LogP contribution is 2.16. The maximum Gasteiger partial charge on any atom is 0.306 e. The maximum absolute atomic E-state index is 10.9. The summed E-state index contributed by atoms with van der Waals surface area (Å²) in [5, 5.41) is 0. The Labute approximate surface area is 85.2 Å². The molecule has 0 amide bonds. The third kappa shape index (κ3) is 3.64. The van der Waals surface area contributed by atoms with E-state index in [0.29, 0.717) is 12.3 Å². The second-order valence-corrected chi connectivity index (χ2v) is 3.74. The van der Waals surface area contributed by atoms with Gasteiger partial charge in [0.25, 0.3) is 0 Å². The number of carbonyl (C=O) groups is 1. The largest absolute Gasteiger partial charge is 0.469 e. The second-order valence-electron chi connectivity index (χ2n) is 3.74. The molecule has 0 spiro atoms. The van der Waals surface area contributed by atoms with E-state index in [4.69, 9.17) is 4.74 Å². The lowest BCUT2D eigenvalue weighted by Gasteiger charge is -2.14. The van der Waals surface area contributed by atoms with Gasteiger partial charge in [-0.15, -0.1) is 0 Å². The van der Waals surface area contributed by atoms with Gasteiger partial charge in [-0.05, 0) is 18.9 Å². The lowest BCUT2D eigenvalue weighted by Crippen LogP contribution is -2.25. The minimum absolute atomic E-state index is 0.125. The van der Waals surface area contributed by atoms with E-state index in [1.54, 1.807) is 7.11 Å². The Bertz CT molecular complexity index is 184. The molecule has 82 valence electrons. The summed E-state index contributed by atoms with van der Waals surface area (Å²) in [7, 11) is 3.16. The molecule has 1 saturated heterocycles. The molecule has 0 bridgehead atoms. The van der Waals surface area contributed by atoms with Crippen molar-refractivity contribution in [1.29, 1.82) is 0 Å². The van der Waals surface area contributed by atoms with Gasteiger partial charge >= 0.3 is 5.97 Å². The van der Waals surface area contributed by atoms with Crippen LogP contribution in [0, 0.1) is 5.92 Å². The molecular formula is C10H19NO3. The van der Waals surface area contributed by atoms with Crippen LogP contribution in [0.3, 0.4) is 0 Å². The number of hydrogen-bond donors (Lipinski definition) is 0. The summed E-state index contributed by atoms with van der Waals surface area (Å²) in [6, 6.07) is 0. The smallest absolute Gasteiger partial charge is 0.306 e. The van der Waals surface area contributed by atoms with E-state index in [9.17, 15) is 4.79 Å². The topological polar surface area (TPSA) is 38.8 Å². The fourth-order valence-electron chi connectivity index (χ4n) is 1.84. The zero-order valence-corrected chi connectivity index (χ0v) is 8.99. The first-order valence-electron chi connectivity index (χ1n) is 5.04. The first-order chi connectivity index (χ1) is 6.76. The van der Waals surface area contributed by atoms with Crippen molar-refractivity contribution in [1.82, 2.24) is 4.90 Å². The molecule has 4 nitrogen and oxygen atoms in total. The third-order valence-corrected chi connectivity index (χ3v) is 2.63. The predicted octanol–water partition coefficient (Wildman–Crippen LogP) is 0.518. The summed E-state index contributed by atoms with van der Waals surface area (Å²) in [5.74, 6) is 0.512. The summed E-state index contributed by atoms with van der Waals surface area (Å²) < 4.78 is 9.70. The van der Waals surface area contributed by atoms with Gasteiger partial charge in [-0.3, -0.25) is 4.79 Å². The van der Waals surface area contributed by atoms with E-state index in [-0.39, 0.29) is 5.97 Å². The molecule has 0 aromatic rings. The predicted molar refractivity (Wildman–Crippen MR) is 53.1 cm³/mol. The Morgan fingerprint density at radius 2 is 2.29 bits per heavy atom. The maximum atomic E-state index is 10.9. The summed E-state index contributed by atoms with van der Waals surface area (Å²) in [5.41, 5.74) is 0. The molecule has 1 unspecified atom stereocenters. The van der Waals surface area contributed by atoms with Crippen LogP contribution in [0.15, 0.2) is 0 Å². The molecule has 0 N–H and O–H groups in total. The Morgan fingerprint density at radius 1 is 1.50 bits per heavy atom. The van der Waals surface area contributed by atoms with Crippen LogP contribution in [0.25, 0.3) is 0 Å². The monoisotopic (exact) mass is 201 g/mol. The summed E-state index contributed by atoms with van der Waals surface area (Å²) in [6.45, 7) is 3.76. The zero-order valence-electron chi connectivity index (χ0n) is 8.99. The van der Waals surface area contributed by atoms with Gasteiger partial charge in [0.05, 0.1) is 20.1 Å². The van der Waals surface area contributed by atoms with Crippen molar-refractivity contribution in [3.63, 3.8) is 0 Å². The fourth-order valence-corrected chi connectivity index (χ4v) is 1.84. The lowest BCUT2D eigenvalue weighted by atomic mass is 10.1. The molecule has 0 saturated carbocycles. The number of likely N-dealkylation sites (tertiary alicyclic amines) is 1. The van der Waals surface area contributed by atoms with Crippen LogP contribution in [0.1, 0.15) is 12.8 Å². The van der Waals surface area contributed by atoms with Gasteiger partial charge in [0.2, 0.25) is 0 Å². The van der Waals surface area contributed by atoms with E-state index in [1.807, 2.05) is 0 Å². The highest BCUT2D eigenvalue weighted by Gasteiger charge is 2.22. The lowest BCUT2D eigenvalue weighted by molar-refractivity contribution is -0.140. The minimum atomic E-state index is -0.125. The van der Waals surface area contributed by atoms with Crippen LogP contribution in [-0.4, -0.2) is 51.3 Å². The Hall–Kier alpha value is -0.610. The van der Waals surface area contributed by atoms with E-state index < -0.39 is 0 Å². The van der Waals surface area contributed by atoms with Crippen LogP contribution in [-0.2, 0) is 14.3 Å². The van der Waals surface area contributed by atoms with E-state index in [2.05, 4.69) is 9.64 Å². The van der Waals surface area contributed by atoms with Crippen LogP contribution in [0.4, 0.5) is 0 Å². The van der Waals surface area contributed by atoms with Gasteiger partial charge in [0.15, 0.2) is 0 Å². The molecule has 1 atom stereocenters. The number of methoxy groups -OCH3 is 2. The number of esters is 1. The number of rotatable bonds is 5. The second kappa shape index (κ2) is 5.98. The molecular weight excluding hydrogens is 182 g/mol. The highest BCUT2D eigenvalue weighted by molar-refractivity contribution is 5.69. The average molecular weight is 201 g/mol. The van der Waals surface area contributed by atoms with Gasteiger partial charge in [0, 0.05) is 20.2 Å². The van der Waals surface area contributed by atoms with Gasteiger partial charge in [-0.2, -0.15) is 0 Å². The first kappa shape index (κ1) is 11.5. The van der Waals surface area contributed by atoms with Crippen LogP contribution in [0.5, 0.6) is 0 Å². The van der Waals surface area contributed by atoms with Crippen molar-refractivity contribution in [2.24, 2.45) is 5.92 Å². The van der Waals surface area contributed by atoms with Gasteiger partial charge in [0.1, 0.15) is 0 Å². The number of hydrogen-bond acceptors (Lipinski definition) is 4. The van der Waals surface area contributed by atoms with Gasteiger partial charge in [-0.25, -0.2) is 0 Å². The van der Waals surface area contributed by atoms with E-state index in [0.717, 1.165) is 26.2 Å². The van der Waals surface area contributed by atoms with Crippen LogP contribution < -0.4 is 0 Å². The highest BCUT2D eigenvalue weighted by atomic mass is 16.5. The Balaban J connectivity index is 2.13. The van der Waals surface area contributed by atoms with Crippen molar-refractivity contribution >= 4 is 5.97 Å². The standard InChI is InChI=1S/C10H19NO3/c1-13-8-9-3-5-11(7-9)6-4-10(12)14-2/h9H,3-8H2,1-2H3. The zero-order chi connectivity index (χ0) is 10.4. The van der Waals surface area contributed by atoms with E-state index in [1.165, 1.54) is 13.5 Å². The normalized spacial score (nSPS) is 22.6. The van der Waals surface area contributed by atoms with Gasteiger partial charge in [-0.1, -0.05) is 0 Å². The van der Waals surface area contributed by atoms with Gasteiger partial charge < -0.3 is 14.4 Å². The fraction of sp³-hybridized carbons (Fsp3) is 0.900. The molecule has 0 radical (unpaired) electrons. The van der Waals surface area contributed by atoms with Crippen molar-refractivity contribution in [3.8, 4) is 0 Å². The molecule has 14 heavy (non-hydrogen) atoms. The number of carbonyl (C=O) groups excluding carboxylic acids is 1.